The molecule has 0 aliphatic carbocycles. The smallest absolute Gasteiger partial charge is 0.363 e. The van der Waals surface area contributed by atoms with E-state index < -0.39 is 4.92 Å². The maximum absolute atomic E-state index is 10.6. The average Bonchev–Trinajstić information content (AvgIpc) is 2.51. The molecule has 0 saturated heterocycles. The number of nitrogens with zero attached hydrogens (tertiary/aromatic N) is 3. The van der Waals surface area contributed by atoms with Gasteiger partial charge in [-0.2, -0.15) is 0 Å². The molecule has 0 amide bonds. The average molecular weight is 247 g/mol. The lowest BCUT2D eigenvalue weighted by molar-refractivity contribution is -0.389. The highest BCUT2D eigenvalue weighted by molar-refractivity contribution is 5.48. The van der Waals surface area contributed by atoms with Gasteiger partial charge in [-0.25, -0.2) is 0 Å². The van der Waals surface area contributed by atoms with Crippen molar-refractivity contribution in [2.45, 2.75) is 20.3 Å². The Morgan fingerprint density at radius 2 is 2.28 bits per heavy atom. The molecule has 1 aliphatic rings. The van der Waals surface area contributed by atoms with Crippen LogP contribution in [-0.2, 0) is 0 Å². The van der Waals surface area contributed by atoms with Gasteiger partial charge in [-0.05, 0) is 35.2 Å². The molecule has 2 heterocycles. The predicted octanol–water partition coefficient (Wildman–Crippen LogP) is 2.78. The molecule has 96 valence electrons. The van der Waals surface area contributed by atoms with Gasteiger partial charge in [0.2, 0.25) is 0 Å². The quantitative estimate of drug-likeness (QED) is 0.458. The van der Waals surface area contributed by atoms with E-state index in [0.29, 0.717) is 5.92 Å². The van der Waals surface area contributed by atoms with Crippen LogP contribution in [0.25, 0.3) is 0 Å². The van der Waals surface area contributed by atoms with Crippen LogP contribution < -0.4 is 4.90 Å². The van der Waals surface area contributed by atoms with E-state index in [1.807, 2.05) is 0 Å². The minimum atomic E-state index is -0.472. The van der Waals surface area contributed by atoms with E-state index in [9.17, 15) is 10.1 Å². The molecule has 0 fully saturated rings. The highest BCUT2D eigenvalue weighted by Crippen LogP contribution is 2.22. The number of hydrogen-bond acceptors (Lipinski definition) is 4. The first kappa shape index (κ1) is 12.5. The largest absolute Gasteiger partial charge is 0.364 e. The number of pyridine rings is 1. The van der Waals surface area contributed by atoms with Crippen LogP contribution in [0.3, 0.4) is 0 Å². The zero-order valence-electron chi connectivity index (χ0n) is 10.7. The topological polar surface area (TPSA) is 59.3 Å². The third kappa shape index (κ3) is 2.85. The predicted molar refractivity (Wildman–Crippen MR) is 70.6 cm³/mol. The first-order valence-corrected chi connectivity index (χ1v) is 6.07. The van der Waals surface area contributed by atoms with E-state index in [2.05, 4.69) is 29.8 Å². The lowest BCUT2D eigenvalue weighted by atomic mass is 10.1. The van der Waals surface area contributed by atoms with E-state index >= 15 is 0 Å². The van der Waals surface area contributed by atoms with E-state index in [4.69, 9.17) is 0 Å². The van der Waals surface area contributed by atoms with Gasteiger partial charge < -0.3 is 15.0 Å². The molecule has 0 radical (unpaired) electrons. The molecule has 18 heavy (non-hydrogen) atoms. The third-order valence-electron chi connectivity index (χ3n) is 3.13. The molecule has 1 atom stereocenters. The van der Waals surface area contributed by atoms with Gasteiger partial charge in [-0.1, -0.05) is 18.6 Å². The lowest BCUT2D eigenvalue weighted by Gasteiger charge is -2.24. The summed E-state index contributed by atoms with van der Waals surface area (Å²) in [5, 5.41) is 10.6. The van der Waals surface area contributed by atoms with Crippen molar-refractivity contribution >= 4 is 11.5 Å². The second-order valence-corrected chi connectivity index (χ2v) is 4.90. The van der Waals surface area contributed by atoms with Crippen molar-refractivity contribution in [3.05, 3.63) is 40.1 Å². The number of anilines is 1. The first-order valence-electron chi connectivity index (χ1n) is 6.07. The summed E-state index contributed by atoms with van der Waals surface area (Å²) in [7, 11) is 0. The molecule has 0 N–H and O–H groups in total. The van der Waals surface area contributed by atoms with Gasteiger partial charge >= 0.3 is 5.82 Å². The summed E-state index contributed by atoms with van der Waals surface area (Å²) in [6, 6.07) is 3.24. The van der Waals surface area contributed by atoms with Crippen LogP contribution in [0.5, 0.6) is 0 Å². The molecular weight excluding hydrogens is 230 g/mol. The molecule has 1 aromatic rings. The fourth-order valence-corrected chi connectivity index (χ4v) is 2.15. The van der Waals surface area contributed by atoms with Crippen molar-refractivity contribution in [3.63, 3.8) is 0 Å². The zero-order valence-corrected chi connectivity index (χ0v) is 10.7. The molecule has 5 heteroatoms. The highest BCUT2D eigenvalue weighted by Gasteiger charge is 2.17. The second-order valence-electron chi connectivity index (χ2n) is 4.90. The van der Waals surface area contributed by atoms with E-state index in [-0.39, 0.29) is 5.82 Å². The van der Waals surface area contributed by atoms with Gasteiger partial charge in [0.15, 0.2) is 6.20 Å². The van der Waals surface area contributed by atoms with E-state index in [1.54, 1.807) is 12.3 Å². The molecule has 1 aromatic heterocycles. The molecule has 0 aromatic carbocycles. The molecule has 0 bridgehead atoms. The Labute approximate surface area is 106 Å². The van der Waals surface area contributed by atoms with Crippen molar-refractivity contribution in [1.82, 2.24) is 4.98 Å². The van der Waals surface area contributed by atoms with Crippen LogP contribution in [0.15, 0.2) is 30.0 Å². The Bertz CT molecular complexity index is 468. The van der Waals surface area contributed by atoms with Gasteiger partial charge in [0.25, 0.3) is 0 Å². The summed E-state index contributed by atoms with van der Waals surface area (Å²) in [6.07, 6.45) is 4.94. The molecule has 2 rings (SSSR count). The summed E-state index contributed by atoms with van der Waals surface area (Å²) in [5.74, 6) is 0.478. The van der Waals surface area contributed by atoms with Gasteiger partial charge in [0.1, 0.15) is 0 Å². The van der Waals surface area contributed by atoms with Crippen LogP contribution >= 0.6 is 0 Å². The Hall–Kier alpha value is -1.91. The zero-order chi connectivity index (χ0) is 13.1. The van der Waals surface area contributed by atoms with Gasteiger partial charge in [-0.15, -0.1) is 0 Å². The second kappa shape index (κ2) is 5.16. The van der Waals surface area contributed by atoms with E-state index in [0.717, 1.165) is 25.2 Å². The van der Waals surface area contributed by atoms with Crippen LogP contribution in [0.2, 0.25) is 0 Å². The van der Waals surface area contributed by atoms with Gasteiger partial charge in [0, 0.05) is 19.2 Å². The lowest BCUT2D eigenvalue weighted by Crippen LogP contribution is -2.28. The van der Waals surface area contributed by atoms with Crippen molar-refractivity contribution in [2.24, 2.45) is 5.92 Å². The summed E-state index contributed by atoms with van der Waals surface area (Å²) in [4.78, 5) is 16.2. The maximum atomic E-state index is 10.6. The van der Waals surface area contributed by atoms with Crippen molar-refractivity contribution in [1.29, 1.82) is 0 Å². The Kier molecular flexibility index (Phi) is 3.60. The highest BCUT2D eigenvalue weighted by atomic mass is 16.6. The van der Waals surface area contributed by atoms with Gasteiger partial charge in [-0.3, -0.25) is 0 Å². The summed E-state index contributed by atoms with van der Waals surface area (Å²) in [5.41, 5.74) is 2.28. The number of hydrogen-bond donors (Lipinski definition) is 0. The number of nitro groups is 1. The SMILES string of the molecule is CC1=CCC(C)CN(c2ccc([N+](=O)[O-])nc2)C1. The number of aromatic nitrogens is 1. The normalized spacial score (nSPS) is 20.2. The van der Waals surface area contributed by atoms with Crippen LogP contribution in [-0.4, -0.2) is 23.0 Å². The molecule has 1 aliphatic heterocycles. The fourth-order valence-electron chi connectivity index (χ4n) is 2.15. The molecular formula is C13H17N3O2. The number of rotatable bonds is 2. The Balaban J connectivity index is 2.19. The van der Waals surface area contributed by atoms with Crippen LogP contribution in [0, 0.1) is 16.0 Å². The van der Waals surface area contributed by atoms with E-state index in [1.165, 1.54) is 11.6 Å². The van der Waals surface area contributed by atoms with Crippen molar-refractivity contribution in [3.8, 4) is 0 Å². The summed E-state index contributed by atoms with van der Waals surface area (Å²) in [6.45, 7) is 6.14. The molecule has 5 nitrogen and oxygen atoms in total. The minimum absolute atomic E-state index is 0.103. The monoisotopic (exact) mass is 247 g/mol. The van der Waals surface area contributed by atoms with Gasteiger partial charge in [0.05, 0.1) is 5.69 Å². The first-order chi connectivity index (χ1) is 8.56. The van der Waals surface area contributed by atoms with Crippen LogP contribution in [0.1, 0.15) is 20.3 Å². The maximum Gasteiger partial charge on any atom is 0.363 e. The summed E-state index contributed by atoms with van der Waals surface area (Å²) < 4.78 is 0. The molecule has 1 unspecified atom stereocenters. The molecule has 0 saturated carbocycles. The van der Waals surface area contributed by atoms with Crippen molar-refractivity contribution in [2.75, 3.05) is 18.0 Å². The Morgan fingerprint density at radius 3 is 2.89 bits per heavy atom. The summed E-state index contributed by atoms with van der Waals surface area (Å²) >= 11 is 0. The van der Waals surface area contributed by atoms with Crippen LogP contribution in [0.4, 0.5) is 11.5 Å². The fraction of sp³-hybridized carbons (Fsp3) is 0.462. The Morgan fingerprint density at radius 1 is 1.50 bits per heavy atom. The number of allylic oxidation sites excluding steroid dienone is 1. The molecule has 0 spiro atoms. The minimum Gasteiger partial charge on any atom is -0.364 e. The standard InChI is InChI=1S/C13H17N3O2/c1-10-3-4-11(2)9-15(8-10)12-5-6-13(14-7-12)16(17)18/h3,5-7,11H,4,8-9H2,1-2H3. The third-order valence-corrected chi connectivity index (χ3v) is 3.13. The van der Waals surface area contributed by atoms with Crippen molar-refractivity contribution < 1.29 is 4.92 Å².